The summed E-state index contributed by atoms with van der Waals surface area (Å²) in [5, 5.41) is 0. The van der Waals surface area contributed by atoms with E-state index in [2.05, 4.69) is 11.9 Å². The van der Waals surface area contributed by atoms with Gasteiger partial charge in [0.1, 0.15) is 6.61 Å². The molecule has 0 saturated carbocycles. The van der Waals surface area contributed by atoms with Crippen molar-refractivity contribution in [3.05, 3.63) is 42.2 Å². The van der Waals surface area contributed by atoms with E-state index in [0.29, 0.717) is 0 Å². The van der Waals surface area contributed by atoms with Crippen molar-refractivity contribution in [3.63, 3.8) is 0 Å². The van der Waals surface area contributed by atoms with Crippen LogP contribution in [0.4, 0.5) is 0 Å². The van der Waals surface area contributed by atoms with Gasteiger partial charge in [-0.25, -0.2) is 4.79 Å². The van der Waals surface area contributed by atoms with Crippen LogP contribution in [0.25, 0.3) is 0 Å². The smallest absolute Gasteiger partial charge is 0.330 e. The molecular formula is C13H17NO2. The molecule has 0 unspecified atom stereocenters. The first-order valence-corrected chi connectivity index (χ1v) is 5.56. The van der Waals surface area contributed by atoms with Crippen molar-refractivity contribution in [2.45, 2.75) is 32.8 Å². The number of unbranched alkanes of at least 4 members (excludes halogenated alkanes) is 2. The van der Waals surface area contributed by atoms with Crippen LogP contribution in [0.15, 0.2) is 36.5 Å². The fraction of sp³-hybridized carbons (Fsp3) is 0.385. The molecule has 16 heavy (non-hydrogen) atoms. The Morgan fingerprint density at radius 3 is 3.06 bits per heavy atom. The first kappa shape index (κ1) is 12.4. The Balaban J connectivity index is 2.23. The maximum Gasteiger partial charge on any atom is 0.330 e. The van der Waals surface area contributed by atoms with E-state index in [0.717, 1.165) is 25.0 Å². The van der Waals surface area contributed by atoms with Crippen LogP contribution in [0.1, 0.15) is 31.9 Å². The van der Waals surface area contributed by atoms with E-state index < -0.39 is 0 Å². The third-order valence-corrected chi connectivity index (χ3v) is 2.07. The molecule has 1 rings (SSSR count). The Morgan fingerprint density at radius 1 is 1.50 bits per heavy atom. The zero-order valence-electron chi connectivity index (χ0n) is 9.56. The molecular weight excluding hydrogens is 202 g/mol. The van der Waals surface area contributed by atoms with E-state index in [4.69, 9.17) is 4.74 Å². The number of allylic oxidation sites excluding steroid dienone is 1. The minimum Gasteiger partial charge on any atom is -0.456 e. The van der Waals surface area contributed by atoms with Gasteiger partial charge in [-0.1, -0.05) is 31.9 Å². The highest BCUT2D eigenvalue weighted by atomic mass is 16.5. The van der Waals surface area contributed by atoms with Crippen molar-refractivity contribution in [3.8, 4) is 0 Å². The number of hydrogen-bond donors (Lipinski definition) is 0. The van der Waals surface area contributed by atoms with Crippen molar-refractivity contribution in [1.82, 2.24) is 4.98 Å². The van der Waals surface area contributed by atoms with Crippen LogP contribution in [0.3, 0.4) is 0 Å². The van der Waals surface area contributed by atoms with Gasteiger partial charge in [-0.2, -0.15) is 0 Å². The van der Waals surface area contributed by atoms with Crippen molar-refractivity contribution >= 4 is 5.97 Å². The van der Waals surface area contributed by atoms with Gasteiger partial charge in [-0.05, 0) is 18.6 Å². The van der Waals surface area contributed by atoms with Crippen molar-refractivity contribution < 1.29 is 9.53 Å². The summed E-state index contributed by atoms with van der Waals surface area (Å²) in [6, 6.07) is 5.53. The zero-order chi connectivity index (χ0) is 11.6. The van der Waals surface area contributed by atoms with Crippen LogP contribution >= 0.6 is 0 Å². The topological polar surface area (TPSA) is 39.2 Å². The van der Waals surface area contributed by atoms with Gasteiger partial charge in [-0.15, -0.1) is 0 Å². The molecule has 0 bridgehead atoms. The molecule has 0 saturated heterocycles. The zero-order valence-corrected chi connectivity index (χ0v) is 9.56. The SMILES string of the molecule is CCCC/C=C/C(=O)OCc1ccccn1. The molecule has 0 spiro atoms. The van der Waals surface area contributed by atoms with E-state index in [1.807, 2.05) is 24.3 Å². The summed E-state index contributed by atoms with van der Waals surface area (Å²) in [4.78, 5) is 15.3. The number of carbonyl (C=O) groups is 1. The highest BCUT2D eigenvalue weighted by molar-refractivity contribution is 5.81. The molecule has 1 heterocycles. The molecule has 0 radical (unpaired) electrons. The lowest BCUT2D eigenvalue weighted by Crippen LogP contribution is -2.01. The lowest BCUT2D eigenvalue weighted by Gasteiger charge is -2.00. The van der Waals surface area contributed by atoms with E-state index in [9.17, 15) is 4.79 Å². The molecule has 1 aromatic rings. The molecule has 86 valence electrons. The summed E-state index contributed by atoms with van der Waals surface area (Å²) < 4.78 is 5.02. The maximum atomic E-state index is 11.2. The standard InChI is InChI=1S/C13H17NO2/c1-2-3-4-5-9-13(15)16-11-12-8-6-7-10-14-12/h5-10H,2-4,11H2,1H3/b9-5+. The monoisotopic (exact) mass is 219 g/mol. The number of rotatable bonds is 6. The van der Waals surface area contributed by atoms with Crippen LogP contribution < -0.4 is 0 Å². The summed E-state index contributed by atoms with van der Waals surface area (Å²) in [7, 11) is 0. The van der Waals surface area contributed by atoms with Gasteiger partial charge in [0.15, 0.2) is 0 Å². The molecule has 0 fully saturated rings. The van der Waals surface area contributed by atoms with E-state index in [-0.39, 0.29) is 12.6 Å². The first-order chi connectivity index (χ1) is 7.83. The van der Waals surface area contributed by atoms with Gasteiger partial charge in [0.25, 0.3) is 0 Å². The minimum atomic E-state index is -0.304. The summed E-state index contributed by atoms with van der Waals surface area (Å²) in [5.41, 5.74) is 0.762. The third kappa shape index (κ3) is 5.29. The number of pyridine rings is 1. The second-order valence-corrected chi connectivity index (χ2v) is 3.47. The Bertz CT molecular complexity index is 333. The second kappa shape index (κ2) is 7.63. The Hall–Kier alpha value is -1.64. The number of hydrogen-bond acceptors (Lipinski definition) is 3. The third-order valence-electron chi connectivity index (χ3n) is 2.07. The second-order valence-electron chi connectivity index (χ2n) is 3.47. The molecule has 1 aromatic heterocycles. The number of ether oxygens (including phenoxy) is 1. The van der Waals surface area contributed by atoms with Gasteiger partial charge in [0, 0.05) is 12.3 Å². The van der Waals surface area contributed by atoms with E-state index in [1.54, 1.807) is 6.20 Å². The molecule has 3 nitrogen and oxygen atoms in total. The summed E-state index contributed by atoms with van der Waals surface area (Å²) in [5.74, 6) is -0.304. The number of nitrogens with zero attached hydrogens (tertiary/aromatic N) is 1. The summed E-state index contributed by atoms with van der Waals surface area (Å²) >= 11 is 0. The molecule has 0 atom stereocenters. The molecule has 0 N–H and O–H groups in total. The van der Waals surface area contributed by atoms with Gasteiger partial charge in [0.2, 0.25) is 0 Å². The van der Waals surface area contributed by atoms with Crippen molar-refractivity contribution in [1.29, 1.82) is 0 Å². The summed E-state index contributed by atoms with van der Waals surface area (Å²) in [6.07, 6.45) is 8.18. The van der Waals surface area contributed by atoms with Gasteiger partial charge in [-0.3, -0.25) is 4.98 Å². The van der Waals surface area contributed by atoms with Crippen LogP contribution in [0.2, 0.25) is 0 Å². The van der Waals surface area contributed by atoms with Crippen LogP contribution in [0, 0.1) is 0 Å². The van der Waals surface area contributed by atoms with E-state index >= 15 is 0 Å². The minimum absolute atomic E-state index is 0.234. The number of esters is 1. The molecule has 3 heteroatoms. The number of carbonyl (C=O) groups excluding carboxylic acids is 1. The van der Waals surface area contributed by atoms with Crippen molar-refractivity contribution in [2.24, 2.45) is 0 Å². The van der Waals surface area contributed by atoms with E-state index in [1.165, 1.54) is 6.08 Å². The number of aromatic nitrogens is 1. The Morgan fingerprint density at radius 2 is 2.38 bits per heavy atom. The fourth-order valence-corrected chi connectivity index (χ4v) is 1.18. The van der Waals surface area contributed by atoms with Gasteiger partial charge < -0.3 is 4.74 Å². The fourth-order valence-electron chi connectivity index (χ4n) is 1.18. The van der Waals surface area contributed by atoms with Gasteiger partial charge in [0.05, 0.1) is 5.69 Å². The summed E-state index contributed by atoms with van der Waals surface area (Å²) in [6.45, 7) is 2.35. The highest BCUT2D eigenvalue weighted by Crippen LogP contribution is 1.98. The van der Waals surface area contributed by atoms with Crippen LogP contribution in [-0.2, 0) is 16.1 Å². The van der Waals surface area contributed by atoms with Gasteiger partial charge >= 0.3 is 5.97 Å². The Labute approximate surface area is 96.2 Å². The molecule has 0 aromatic carbocycles. The first-order valence-electron chi connectivity index (χ1n) is 5.56. The maximum absolute atomic E-state index is 11.2. The predicted molar refractivity (Wildman–Crippen MR) is 62.7 cm³/mol. The molecule has 0 amide bonds. The Kier molecular flexibility index (Phi) is 5.92. The van der Waals surface area contributed by atoms with Crippen molar-refractivity contribution in [2.75, 3.05) is 0 Å². The molecule has 0 aliphatic carbocycles. The molecule has 0 aliphatic rings. The lowest BCUT2D eigenvalue weighted by atomic mass is 10.2. The quantitative estimate of drug-likeness (QED) is 0.419. The highest BCUT2D eigenvalue weighted by Gasteiger charge is 1.98. The lowest BCUT2D eigenvalue weighted by molar-refractivity contribution is -0.139. The normalized spacial score (nSPS) is 10.6. The van der Waals surface area contributed by atoms with Crippen LogP contribution in [0.5, 0.6) is 0 Å². The average molecular weight is 219 g/mol. The average Bonchev–Trinajstić information content (AvgIpc) is 2.33. The van der Waals surface area contributed by atoms with Crippen LogP contribution in [-0.4, -0.2) is 11.0 Å². The molecule has 0 aliphatic heterocycles. The predicted octanol–water partition coefficient (Wildman–Crippen LogP) is 2.87. The largest absolute Gasteiger partial charge is 0.456 e.